The van der Waals surface area contributed by atoms with Crippen molar-refractivity contribution in [2.24, 2.45) is 0 Å². The molecule has 170 valence electrons. The average molecular weight is 473 g/mol. The summed E-state index contributed by atoms with van der Waals surface area (Å²) in [4.78, 5) is 31.8. The molecule has 2 heterocycles. The monoisotopic (exact) mass is 472 g/mol. The second kappa shape index (κ2) is 9.03. The van der Waals surface area contributed by atoms with E-state index in [1.54, 1.807) is 36.2 Å². The molecule has 0 radical (unpaired) electrons. The summed E-state index contributed by atoms with van der Waals surface area (Å²) in [6.45, 7) is 0.508. The summed E-state index contributed by atoms with van der Waals surface area (Å²) in [7, 11) is 1.54. The maximum atomic E-state index is 13.7. The fourth-order valence-corrected chi connectivity index (χ4v) is 4.28. The first-order valence-electron chi connectivity index (χ1n) is 10.7. The predicted octanol–water partition coefficient (Wildman–Crippen LogP) is 4.11. The Morgan fingerprint density at radius 1 is 0.882 bits per heavy atom. The van der Waals surface area contributed by atoms with Crippen LogP contribution in [-0.4, -0.2) is 25.8 Å². The summed E-state index contributed by atoms with van der Waals surface area (Å²) < 4.78 is 9.93. The number of nitrogens with zero attached hydrogens (tertiary/aromatic N) is 4. The molecule has 0 aliphatic carbocycles. The van der Waals surface area contributed by atoms with Crippen LogP contribution >= 0.6 is 11.6 Å². The highest BCUT2D eigenvalue weighted by molar-refractivity contribution is 6.30. The van der Waals surface area contributed by atoms with E-state index in [1.807, 2.05) is 60.7 Å². The standard InChI is InChI=1S/C26H21ClN4O3/c1-34-22-13-6-5-12-21(22)31-24-23(29(17-28-24)15-19-10-7-11-20(27)14-19)25(32)30(26(31)33)16-18-8-3-2-4-9-18/h2-14,17H,15-16H2,1H3. The summed E-state index contributed by atoms with van der Waals surface area (Å²) in [6, 6.07) is 24.0. The molecule has 0 atom stereocenters. The zero-order valence-corrected chi connectivity index (χ0v) is 19.1. The lowest BCUT2D eigenvalue weighted by atomic mass is 10.2. The number of hydrogen-bond acceptors (Lipinski definition) is 4. The van der Waals surface area contributed by atoms with Crippen LogP contribution in [0.25, 0.3) is 16.9 Å². The van der Waals surface area contributed by atoms with E-state index in [4.69, 9.17) is 16.3 Å². The van der Waals surface area contributed by atoms with Gasteiger partial charge in [0, 0.05) is 11.6 Å². The number of hydrogen-bond donors (Lipinski definition) is 0. The molecule has 7 nitrogen and oxygen atoms in total. The second-order valence-corrected chi connectivity index (χ2v) is 8.28. The van der Waals surface area contributed by atoms with Gasteiger partial charge in [0.05, 0.1) is 25.7 Å². The average Bonchev–Trinajstić information content (AvgIpc) is 3.26. The van der Waals surface area contributed by atoms with E-state index in [0.717, 1.165) is 11.1 Å². The minimum Gasteiger partial charge on any atom is -0.495 e. The van der Waals surface area contributed by atoms with Gasteiger partial charge >= 0.3 is 5.69 Å². The minimum atomic E-state index is -0.487. The van der Waals surface area contributed by atoms with Crippen LogP contribution in [0.15, 0.2) is 94.8 Å². The number of ether oxygens (including phenoxy) is 1. The zero-order chi connectivity index (χ0) is 23.7. The first-order chi connectivity index (χ1) is 16.6. The third kappa shape index (κ3) is 3.91. The van der Waals surface area contributed by atoms with E-state index in [0.29, 0.717) is 28.5 Å². The van der Waals surface area contributed by atoms with E-state index >= 15 is 0 Å². The number of imidazole rings is 1. The quantitative estimate of drug-likeness (QED) is 0.373. The van der Waals surface area contributed by atoms with E-state index in [-0.39, 0.29) is 12.2 Å². The molecular formula is C26H21ClN4O3. The third-order valence-electron chi connectivity index (χ3n) is 5.65. The fraction of sp³-hybridized carbons (Fsp3) is 0.115. The second-order valence-electron chi connectivity index (χ2n) is 7.84. The maximum absolute atomic E-state index is 13.7. The van der Waals surface area contributed by atoms with Gasteiger partial charge in [-0.1, -0.05) is 66.2 Å². The minimum absolute atomic E-state index is 0.131. The lowest BCUT2D eigenvalue weighted by Crippen LogP contribution is -2.40. The lowest BCUT2D eigenvalue weighted by molar-refractivity contribution is 0.412. The summed E-state index contributed by atoms with van der Waals surface area (Å²) in [5.74, 6) is 0.500. The molecular weight excluding hydrogens is 452 g/mol. The Balaban J connectivity index is 1.79. The summed E-state index contributed by atoms with van der Waals surface area (Å²) in [5.41, 5.74) is 1.96. The van der Waals surface area contributed by atoms with Crippen molar-refractivity contribution in [2.45, 2.75) is 13.1 Å². The number of aromatic nitrogens is 4. The molecule has 0 saturated carbocycles. The Hall–Kier alpha value is -4.10. The van der Waals surface area contributed by atoms with Crippen molar-refractivity contribution in [3.63, 3.8) is 0 Å². The van der Waals surface area contributed by atoms with Crippen LogP contribution in [0.1, 0.15) is 11.1 Å². The van der Waals surface area contributed by atoms with Crippen molar-refractivity contribution >= 4 is 22.8 Å². The molecule has 34 heavy (non-hydrogen) atoms. The van der Waals surface area contributed by atoms with E-state index in [2.05, 4.69) is 4.98 Å². The highest BCUT2D eigenvalue weighted by Crippen LogP contribution is 2.23. The third-order valence-corrected chi connectivity index (χ3v) is 5.89. The van der Waals surface area contributed by atoms with Crippen molar-refractivity contribution < 1.29 is 4.74 Å². The van der Waals surface area contributed by atoms with Crippen molar-refractivity contribution in [2.75, 3.05) is 7.11 Å². The number of methoxy groups -OCH3 is 1. The zero-order valence-electron chi connectivity index (χ0n) is 18.4. The fourth-order valence-electron chi connectivity index (χ4n) is 4.07. The molecule has 0 aliphatic heterocycles. The molecule has 2 aromatic heterocycles. The van der Waals surface area contributed by atoms with Gasteiger partial charge < -0.3 is 9.30 Å². The van der Waals surface area contributed by atoms with Gasteiger partial charge in [-0.2, -0.15) is 0 Å². The number of para-hydroxylation sites is 2. The van der Waals surface area contributed by atoms with Crippen molar-refractivity contribution in [1.29, 1.82) is 0 Å². The molecule has 8 heteroatoms. The van der Waals surface area contributed by atoms with Gasteiger partial charge in [-0.25, -0.2) is 14.3 Å². The van der Waals surface area contributed by atoms with Gasteiger partial charge in [-0.05, 0) is 35.4 Å². The molecule has 0 saturated heterocycles. The Morgan fingerprint density at radius 2 is 1.62 bits per heavy atom. The molecule has 0 spiro atoms. The summed E-state index contributed by atoms with van der Waals surface area (Å²) in [6.07, 6.45) is 1.57. The SMILES string of the molecule is COc1ccccc1-n1c(=O)n(Cc2ccccc2)c(=O)c2c1ncn2Cc1cccc(Cl)c1. The Morgan fingerprint density at radius 3 is 2.38 bits per heavy atom. The first-order valence-corrected chi connectivity index (χ1v) is 11.1. The largest absolute Gasteiger partial charge is 0.495 e. The molecule has 3 aromatic carbocycles. The van der Waals surface area contributed by atoms with Crippen LogP contribution in [0.5, 0.6) is 5.75 Å². The lowest BCUT2D eigenvalue weighted by Gasteiger charge is -2.15. The Labute approximate surface area is 200 Å². The molecule has 0 unspecified atom stereocenters. The van der Waals surface area contributed by atoms with Crippen LogP contribution in [-0.2, 0) is 13.1 Å². The number of rotatable bonds is 6. The van der Waals surface area contributed by atoms with Crippen molar-refractivity contribution in [3.05, 3.63) is 122 Å². The van der Waals surface area contributed by atoms with Crippen LogP contribution in [0, 0.1) is 0 Å². The smallest absolute Gasteiger partial charge is 0.337 e. The predicted molar refractivity (Wildman–Crippen MR) is 132 cm³/mol. The first kappa shape index (κ1) is 21.7. The van der Waals surface area contributed by atoms with Crippen molar-refractivity contribution in [3.8, 4) is 11.4 Å². The van der Waals surface area contributed by atoms with Gasteiger partial charge in [0.1, 0.15) is 5.75 Å². The topological polar surface area (TPSA) is 71.1 Å². The molecule has 0 N–H and O–H groups in total. The van der Waals surface area contributed by atoms with Gasteiger partial charge in [0.2, 0.25) is 0 Å². The Kier molecular flexibility index (Phi) is 5.77. The van der Waals surface area contributed by atoms with Gasteiger partial charge in [0.25, 0.3) is 5.56 Å². The highest BCUT2D eigenvalue weighted by Gasteiger charge is 2.21. The van der Waals surface area contributed by atoms with E-state index in [9.17, 15) is 9.59 Å². The van der Waals surface area contributed by atoms with Gasteiger partial charge in [-0.15, -0.1) is 0 Å². The van der Waals surface area contributed by atoms with Gasteiger partial charge in [0.15, 0.2) is 11.2 Å². The molecule has 5 aromatic rings. The van der Waals surface area contributed by atoms with Crippen LogP contribution in [0.3, 0.4) is 0 Å². The number of fused-ring (bicyclic) bond motifs is 1. The molecule has 0 fully saturated rings. The van der Waals surface area contributed by atoms with E-state index < -0.39 is 11.2 Å². The van der Waals surface area contributed by atoms with E-state index in [1.165, 1.54) is 9.13 Å². The number of benzene rings is 3. The van der Waals surface area contributed by atoms with Crippen molar-refractivity contribution in [1.82, 2.24) is 18.7 Å². The molecule has 5 rings (SSSR count). The highest BCUT2D eigenvalue weighted by atomic mass is 35.5. The summed E-state index contributed by atoms with van der Waals surface area (Å²) >= 11 is 6.16. The molecule has 0 amide bonds. The molecule has 0 bridgehead atoms. The van der Waals surface area contributed by atoms with Crippen LogP contribution in [0.2, 0.25) is 5.02 Å². The van der Waals surface area contributed by atoms with Crippen LogP contribution < -0.4 is 16.0 Å². The Bertz CT molecular complexity index is 1600. The van der Waals surface area contributed by atoms with Crippen LogP contribution in [0.4, 0.5) is 0 Å². The maximum Gasteiger partial charge on any atom is 0.337 e. The normalized spacial score (nSPS) is 11.1. The molecule has 0 aliphatic rings. The number of halogens is 1. The summed E-state index contributed by atoms with van der Waals surface area (Å²) in [5, 5.41) is 0.606. The van der Waals surface area contributed by atoms with Gasteiger partial charge in [-0.3, -0.25) is 9.36 Å².